The molecule has 1 aliphatic rings. The van der Waals surface area contributed by atoms with Gasteiger partial charge < -0.3 is 15.0 Å². The maximum Gasteiger partial charge on any atom is 0.222 e. The SMILES string of the molecule is CCCCN(CCOC)C(=O)CC(C)C1CCCNC1.Cl. The van der Waals surface area contributed by atoms with Crippen LogP contribution in [0.25, 0.3) is 0 Å². The van der Waals surface area contributed by atoms with Crippen molar-refractivity contribution in [3.63, 3.8) is 0 Å². The van der Waals surface area contributed by atoms with E-state index in [0.717, 1.165) is 39.0 Å². The van der Waals surface area contributed by atoms with Gasteiger partial charge in [0.2, 0.25) is 5.91 Å². The Morgan fingerprint density at radius 1 is 1.43 bits per heavy atom. The Balaban J connectivity index is 0.00000400. The lowest BCUT2D eigenvalue weighted by molar-refractivity contribution is -0.133. The molecule has 1 heterocycles. The summed E-state index contributed by atoms with van der Waals surface area (Å²) in [6, 6.07) is 0. The summed E-state index contributed by atoms with van der Waals surface area (Å²) in [6.45, 7) is 8.82. The fourth-order valence-corrected chi connectivity index (χ4v) is 2.85. The molecule has 1 fully saturated rings. The van der Waals surface area contributed by atoms with E-state index in [4.69, 9.17) is 4.74 Å². The van der Waals surface area contributed by atoms with Crippen molar-refractivity contribution in [3.8, 4) is 0 Å². The van der Waals surface area contributed by atoms with Crippen LogP contribution in [0.3, 0.4) is 0 Å². The van der Waals surface area contributed by atoms with Crippen LogP contribution in [-0.2, 0) is 9.53 Å². The number of hydrogen-bond donors (Lipinski definition) is 1. The van der Waals surface area contributed by atoms with Gasteiger partial charge >= 0.3 is 0 Å². The normalized spacial score (nSPS) is 19.7. The van der Waals surface area contributed by atoms with Crippen LogP contribution in [0.5, 0.6) is 0 Å². The number of amides is 1. The number of piperidine rings is 1. The molecule has 5 heteroatoms. The fourth-order valence-electron chi connectivity index (χ4n) is 2.85. The number of hydrogen-bond acceptors (Lipinski definition) is 3. The number of methoxy groups -OCH3 is 1. The van der Waals surface area contributed by atoms with Gasteiger partial charge in [0.1, 0.15) is 0 Å². The van der Waals surface area contributed by atoms with Crippen molar-refractivity contribution in [2.45, 2.75) is 46.0 Å². The Morgan fingerprint density at radius 3 is 2.76 bits per heavy atom. The summed E-state index contributed by atoms with van der Waals surface area (Å²) in [5.74, 6) is 1.43. The summed E-state index contributed by atoms with van der Waals surface area (Å²) >= 11 is 0. The van der Waals surface area contributed by atoms with E-state index in [2.05, 4.69) is 19.2 Å². The predicted molar refractivity (Wildman–Crippen MR) is 90.0 cm³/mol. The molecule has 0 radical (unpaired) electrons. The zero-order chi connectivity index (χ0) is 14.8. The van der Waals surface area contributed by atoms with Gasteiger partial charge in [0.25, 0.3) is 0 Å². The molecule has 0 aromatic carbocycles. The number of nitrogens with one attached hydrogen (secondary N) is 1. The van der Waals surface area contributed by atoms with Gasteiger partial charge in [-0.2, -0.15) is 0 Å². The average molecular weight is 321 g/mol. The molecule has 126 valence electrons. The van der Waals surface area contributed by atoms with E-state index in [0.29, 0.717) is 30.8 Å². The van der Waals surface area contributed by atoms with Gasteiger partial charge in [-0.15, -0.1) is 12.4 Å². The average Bonchev–Trinajstić information content (AvgIpc) is 2.48. The van der Waals surface area contributed by atoms with E-state index in [1.54, 1.807) is 7.11 Å². The fraction of sp³-hybridized carbons (Fsp3) is 0.938. The van der Waals surface area contributed by atoms with Crippen LogP contribution in [0.1, 0.15) is 46.0 Å². The number of ether oxygens (including phenoxy) is 1. The Bertz CT molecular complexity index is 263. The van der Waals surface area contributed by atoms with Crippen LogP contribution in [-0.4, -0.2) is 50.7 Å². The van der Waals surface area contributed by atoms with E-state index in [9.17, 15) is 4.79 Å². The van der Waals surface area contributed by atoms with Crippen molar-refractivity contribution >= 4 is 18.3 Å². The molecule has 4 nitrogen and oxygen atoms in total. The molecular weight excluding hydrogens is 288 g/mol. The highest BCUT2D eigenvalue weighted by Gasteiger charge is 2.24. The van der Waals surface area contributed by atoms with Gasteiger partial charge in [-0.05, 0) is 44.2 Å². The number of carbonyl (C=O) groups is 1. The number of carbonyl (C=O) groups excluding carboxylic acids is 1. The molecule has 0 aromatic heterocycles. The van der Waals surface area contributed by atoms with Gasteiger partial charge in [0, 0.05) is 26.6 Å². The zero-order valence-corrected chi connectivity index (χ0v) is 14.7. The van der Waals surface area contributed by atoms with Crippen LogP contribution < -0.4 is 5.32 Å². The molecule has 1 amide bonds. The van der Waals surface area contributed by atoms with Crippen molar-refractivity contribution in [1.29, 1.82) is 0 Å². The van der Waals surface area contributed by atoms with E-state index < -0.39 is 0 Å². The van der Waals surface area contributed by atoms with Crippen LogP contribution in [0, 0.1) is 11.8 Å². The van der Waals surface area contributed by atoms with Crippen LogP contribution in [0.15, 0.2) is 0 Å². The molecule has 1 saturated heterocycles. The third-order valence-electron chi connectivity index (χ3n) is 4.34. The van der Waals surface area contributed by atoms with Crippen molar-refractivity contribution in [3.05, 3.63) is 0 Å². The largest absolute Gasteiger partial charge is 0.383 e. The van der Waals surface area contributed by atoms with Gasteiger partial charge in [-0.3, -0.25) is 4.79 Å². The first kappa shape index (κ1) is 20.7. The van der Waals surface area contributed by atoms with Crippen molar-refractivity contribution in [1.82, 2.24) is 10.2 Å². The topological polar surface area (TPSA) is 41.6 Å². The summed E-state index contributed by atoms with van der Waals surface area (Å²) in [6.07, 6.45) is 5.38. The van der Waals surface area contributed by atoms with Gasteiger partial charge in [0.05, 0.1) is 6.61 Å². The van der Waals surface area contributed by atoms with E-state index in [-0.39, 0.29) is 12.4 Å². The van der Waals surface area contributed by atoms with Gasteiger partial charge in [-0.1, -0.05) is 20.3 Å². The summed E-state index contributed by atoms with van der Waals surface area (Å²) in [4.78, 5) is 14.4. The summed E-state index contributed by atoms with van der Waals surface area (Å²) in [5.41, 5.74) is 0. The minimum Gasteiger partial charge on any atom is -0.383 e. The highest BCUT2D eigenvalue weighted by atomic mass is 35.5. The molecule has 0 aromatic rings. The molecule has 1 aliphatic heterocycles. The van der Waals surface area contributed by atoms with E-state index in [1.165, 1.54) is 12.8 Å². The molecule has 0 aliphatic carbocycles. The molecule has 0 bridgehead atoms. The second-order valence-electron chi connectivity index (χ2n) is 6.01. The minimum atomic E-state index is 0. The molecule has 0 saturated carbocycles. The van der Waals surface area contributed by atoms with Gasteiger partial charge in [-0.25, -0.2) is 0 Å². The second-order valence-corrected chi connectivity index (χ2v) is 6.01. The van der Waals surface area contributed by atoms with Gasteiger partial charge in [0.15, 0.2) is 0 Å². The molecule has 1 N–H and O–H groups in total. The highest BCUT2D eigenvalue weighted by molar-refractivity contribution is 5.85. The second kappa shape index (κ2) is 12.2. The third kappa shape index (κ3) is 8.03. The lowest BCUT2D eigenvalue weighted by atomic mass is 9.85. The van der Waals surface area contributed by atoms with E-state index >= 15 is 0 Å². The van der Waals surface area contributed by atoms with Crippen molar-refractivity contribution in [2.24, 2.45) is 11.8 Å². The summed E-state index contributed by atoms with van der Waals surface area (Å²) in [5, 5.41) is 3.44. The Labute approximate surface area is 136 Å². The quantitative estimate of drug-likeness (QED) is 0.710. The maximum atomic E-state index is 12.5. The number of halogens is 1. The molecule has 1 rings (SSSR count). The lowest BCUT2D eigenvalue weighted by Gasteiger charge is -2.30. The van der Waals surface area contributed by atoms with E-state index in [1.807, 2.05) is 4.90 Å². The maximum absolute atomic E-state index is 12.5. The smallest absolute Gasteiger partial charge is 0.222 e. The first-order valence-corrected chi connectivity index (χ1v) is 8.16. The Hall–Kier alpha value is -0.320. The molecule has 2 unspecified atom stereocenters. The summed E-state index contributed by atoms with van der Waals surface area (Å²) < 4.78 is 5.12. The predicted octanol–water partition coefficient (Wildman–Crippen LogP) is 2.71. The van der Waals surface area contributed by atoms with Crippen LogP contribution in [0.2, 0.25) is 0 Å². The number of rotatable bonds is 9. The molecule has 0 spiro atoms. The first-order chi connectivity index (χ1) is 9.69. The zero-order valence-electron chi connectivity index (χ0n) is 13.9. The molecule has 21 heavy (non-hydrogen) atoms. The minimum absolute atomic E-state index is 0. The highest BCUT2D eigenvalue weighted by Crippen LogP contribution is 2.23. The third-order valence-corrected chi connectivity index (χ3v) is 4.34. The van der Waals surface area contributed by atoms with Crippen LogP contribution >= 0.6 is 12.4 Å². The van der Waals surface area contributed by atoms with Crippen molar-refractivity contribution in [2.75, 3.05) is 39.9 Å². The summed E-state index contributed by atoms with van der Waals surface area (Å²) in [7, 11) is 1.69. The lowest BCUT2D eigenvalue weighted by Crippen LogP contribution is -2.38. The molecule has 2 atom stereocenters. The Kier molecular flexibility index (Phi) is 12.1. The monoisotopic (exact) mass is 320 g/mol. The molecular formula is C16H33ClN2O2. The first-order valence-electron chi connectivity index (χ1n) is 8.16. The number of nitrogens with zero attached hydrogens (tertiary/aromatic N) is 1. The Morgan fingerprint density at radius 2 is 2.19 bits per heavy atom. The van der Waals surface area contributed by atoms with Crippen LogP contribution in [0.4, 0.5) is 0 Å². The number of unbranched alkanes of at least 4 members (excludes halogenated alkanes) is 1. The van der Waals surface area contributed by atoms with Crippen molar-refractivity contribution < 1.29 is 9.53 Å². The standard InChI is InChI=1S/C16H32N2O2.ClH/c1-4-5-9-18(10-11-20-3)16(19)12-14(2)15-7-6-8-17-13-15;/h14-15,17H,4-13H2,1-3H3;1H.